The standard InChI is InChI=1S/C10H16N2O2/c1-6(2)5-7-10(14)11-8-3-4-9(13)12(7)8/h6-8H,3-5H2,1-2H3,(H,11,14). The van der Waals surface area contributed by atoms with E-state index >= 15 is 0 Å². The van der Waals surface area contributed by atoms with Crippen LogP contribution in [0.4, 0.5) is 0 Å². The van der Waals surface area contributed by atoms with Gasteiger partial charge in [-0.3, -0.25) is 9.59 Å². The molecule has 0 saturated carbocycles. The smallest absolute Gasteiger partial charge is 0.244 e. The summed E-state index contributed by atoms with van der Waals surface area (Å²) >= 11 is 0. The lowest BCUT2D eigenvalue weighted by Gasteiger charge is -2.22. The Balaban J connectivity index is 2.14. The number of hydrogen-bond donors (Lipinski definition) is 1. The third-order valence-electron chi connectivity index (χ3n) is 2.90. The zero-order valence-corrected chi connectivity index (χ0v) is 8.62. The molecule has 0 aromatic carbocycles. The van der Waals surface area contributed by atoms with Crippen LogP contribution >= 0.6 is 0 Å². The maximum atomic E-state index is 11.6. The monoisotopic (exact) mass is 196 g/mol. The average molecular weight is 196 g/mol. The van der Waals surface area contributed by atoms with Gasteiger partial charge in [0.15, 0.2) is 0 Å². The Hall–Kier alpha value is -1.06. The van der Waals surface area contributed by atoms with Gasteiger partial charge in [0.05, 0.1) is 0 Å². The van der Waals surface area contributed by atoms with Crippen LogP contribution in [0.5, 0.6) is 0 Å². The highest BCUT2D eigenvalue weighted by molar-refractivity contribution is 5.92. The van der Waals surface area contributed by atoms with Crippen molar-refractivity contribution in [2.24, 2.45) is 5.92 Å². The van der Waals surface area contributed by atoms with Gasteiger partial charge in [-0.05, 0) is 18.8 Å². The Morgan fingerprint density at radius 2 is 2.21 bits per heavy atom. The quantitative estimate of drug-likeness (QED) is 0.698. The van der Waals surface area contributed by atoms with Crippen molar-refractivity contribution in [2.75, 3.05) is 0 Å². The fourth-order valence-corrected chi connectivity index (χ4v) is 2.29. The predicted molar refractivity (Wildman–Crippen MR) is 51.3 cm³/mol. The average Bonchev–Trinajstić information content (AvgIpc) is 2.56. The third-order valence-corrected chi connectivity index (χ3v) is 2.90. The van der Waals surface area contributed by atoms with Crippen LogP contribution in [-0.4, -0.2) is 28.9 Å². The number of carbonyl (C=O) groups excluding carboxylic acids is 2. The fraction of sp³-hybridized carbons (Fsp3) is 0.800. The molecule has 2 rings (SSSR count). The number of carbonyl (C=O) groups is 2. The van der Waals surface area contributed by atoms with E-state index in [0.29, 0.717) is 12.3 Å². The molecule has 1 N–H and O–H groups in total. The first-order chi connectivity index (χ1) is 6.59. The highest BCUT2D eigenvalue weighted by atomic mass is 16.2. The number of nitrogens with zero attached hydrogens (tertiary/aromatic N) is 1. The topological polar surface area (TPSA) is 49.4 Å². The number of hydrogen-bond acceptors (Lipinski definition) is 2. The van der Waals surface area contributed by atoms with Gasteiger partial charge in [0, 0.05) is 6.42 Å². The van der Waals surface area contributed by atoms with Gasteiger partial charge in [0.1, 0.15) is 12.2 Å². The minimum absolute atomic E-state index is 0.0150. The second-order valence-electron chi connectivity index (χ2n) is 4.51. The molecule has 78 valence electrons. The van der Waals surface area contributed by atoms with Crippen LogP contribution in [0.1, 0.15) is 33.1 Å². The Morgan fingerprint density at radius 3 is 2.86 bits per heavy atom. The summed E-state index contributed by atoms with van der Waals surface area (Å²) in [6, 6.07) is -0.213. The summed E-state index contributed by atoms with van der Waals surface area (Å²) < 4.78 is 0. The maximum absolute atomic E-state index is 11.6. The normalized spacial score (nSPS) is 31.2. The van der Waals surface area contributed by atoms with Gasteiger partial charge in [-0.2, -0.15) is 0 Å². The van der Waals surface area contributed by atoms with E-state index in [2.05, 4.69) is 19.2 Å². The van der Waals surface area contributed by atoms with Gasteiger partial charge >= 0.3 is 0 Å². The molecule has 4 nitrogen and oxygen atoms in total. The zero-order chi connectivity index (χ0) is 10.3. The molecular weight excluding hydrogens is 180 g/mol. The molecular formula is C10H16N2O2. The van der Waals surface area contributed by atoms with Gasteiger partial charge in [-0.1, -0.05) is 13.8 Å². The van der Waals surface area contributed by atoms with Crippen LogP contribution in [-0.2, 0) is 9.59 Å². The van der Waals surface area contributed by atoms with Crippen molar-refractivity contribution >= 4 is 11.8 Å². The molecule has 2 aliphatic rings. The highest BCUT2D eigenvalue weighted by Crippen LogP contribution is 2.27. The lowest BCUT2D eigenvalue weighted by atomic mass is 10.0. The van der Waals surface area contributed by atoms with E-state index in [1.165, 1.54) is 0 Å². The molecule has 0 aromatic rings. The zero-order valence-electron chi connectivity index (χ0n) is 8.62. The van der Waals surface area contributed by atoms with Gasteiger partial charge in [-0.25, -0.2) is 0 Å². The first-order valence-electron chi connectivity index (χ1n) is 5.21. The molecule has 0 spiro atoms. The first kappa shape index (κ1) is 9.49. The molecule has 2 aliphatic heterocycles. The number of rotatable bonds is 2. The Morgan fingerprint density at radius 1 is 1.50 bits per heavy atom. The molecule has 2 fully saturated rings. The molecule has 0 radical (unpaired) electrons. The van der Waals surface area contributed by atoms with E-state index in [1.807, 2.05) is 0 Å². The summed E-state index contributed by atoms with van der Waals surface area (Å²) in [5, 5.41) is 2.87. The molecule has 0 bridgehead atoms. The molecule has 2 atom stereocenters. The predicted octanol–water partition coefficient (Wildman–Crippen LogP) is 0.479. The fourth-order valence-electron chi connectivity index (χ4n) is 2.29. The van der Waals surface area contributed by atoms with E-state index < -0.39 is 0 Å². The molecule has 4 heteroatoms. The van der Waals surface area contributed by atoms with Gasteiger partial charge in [-0.15, -0.1) is 0 Å². The Kier molecular flexibility index (Phi) is 2.21. The van der Waals surface area contributed by atoms with E-state index in [0.717, 1.165) is 12.8 Å². The van der Waals surface area contributed by atoms with Crippen molar-refractivity contribution < 1.29 is 9.59 Å². The minimum Gasteiger partial charge on any atom is -0.334 e. The number of nitrogens with one attached hydrogen (secondary N) is 1. The van der Waals surface area contributed by atoms with Crippen molar-refractivity contribution in [2.45, 2.75) is 45.3 Å². The van der Waals surface area contributed by atoms with E-state index in [9.17, 15) is 9.59 Å². The van der Waals surface area contributed by atoms with Crippen molar-refractivity contribution in [1.82, 2.24) is 10.2 Å². The summed E-state index contributed by atoms with van der Waals surface area (Å²) in [6.45, 7) is 4.14. The summed E-state index contributed by atoms with van der Waals surface area (Å²) in [5.74, 6) is 0.591. The lowest BCUT2D eigenvalue weighted by molar-refractivity contribution is -0.133. The summed E-state index contributed by atoms with van der Waals surface area (Å²) in [7, 11) is 0. The van der Waals surface area contributed by atoms with Crippen molar-refractivity contribution in [3.05, 3.63) is 0 Å². The summed E-state index contributed by atoms with van der Waals surface area (Å²) in [4.78, 5) is 24.8. The van der Waals surface area contributed by atoms with Crippen LogP contribution in [0.15, 0.2) is 0 Å². The Labute approximate surface area is 83.6 Å². The lowest BCUT2D eigenvalue weighted by Crippen LogP contribution is -2.38. The van der Waals surface area contributed by atoms with Gasteiger partial charge in [0.25, 0.3) is 0 Å². The SMILES string of the molecule is CC(C)CC1C(=O)NC2CCC(=O)N21. The number of fused-ring (bicyclic) bond motifs is 1. The minimum atomic E-state index is -0.213. The molecule has 2 saturated heterocycles. The van der Waals surface area contributed by atoms with Crippen molar-refractivity contribution in [1.29, 1.82) is 0 Å². The third kappa shape index (κ3) is 1.38. The van der Waals surface area contributed by atoms with E-state index in [4.69, 9.17) is 0 Å². The van der Waals surface area contributed by atoms with Gasteiger partial charge in [0.2, 0.25) is 11.8 Å². The van der Waals surface area contributed by atoms with Crippen molar-refractivity contribution in [3.8, 4) is 0 Å². The second kappa shape index (κ2) is 3.26. The largest absolute Gasteiger partial charge is 0.334 e. The molecule has 14 heavy (non-hydrogen) atoms. The van der Waals surface area contributed by atoms with Crippen LogP contribution in [0.3, 0.4) is 0 Å². The second-order valence-corrected chi connectivity index (χ2v) is 4.51. The molecule has 0 aliphatic carbocycles. The van der Waals surface area contributed by atoms with E-state index in [1.54, 1.807) is 4.90 Å². The molecule has 0 aromatic heterocycles. The van der Waals surface area contributed by atoms with E-state index in [-0.39, 0.29) is 24.0 Å². The first-order valence-corrected chi connectivity index (χ1v) is 5.21. The maximum Gasteiger partial charge on any atom is 0.244 e. The molecule has 2 unspecified atom stereocenters. The summed E-state index contributed by atoms with van der Waals surface area (Å²) in [6.07, 6.45) is 2.12. The van der Waals surface area contributed by atoms with Crippen LogP contribution in [0.25, 0.3) is 0 Å². The van der Waals surface area contributed by atoms with Crippen LogP contribution < -0.4 is 5.32 Å². The Bertz CT molecular complexity index is 275. The van der Waals surface area contributed by atoms with Crippen LogP contribution in [0, 0.1) is 5.92 Å². The van der Waals surface area contributed by atoms with Crippen LogP contribution in [0.2, 0.25) is 0 Å². The summed E-state index contributed by atoms with van der Waals surface area (Å²) in [5.41, 5.74) is 0. The number of amides is 2. The molecule has 2 amide bonds. The highest BCUT2D eigenvalue weighted by Gasteiger charge is 2.45. The van der Waals surface area contributed by atoms with Gasteiger partial charge < -0.3 is 10.2 Å². The van der Waals surface area contributed by atoms with Crippen molar-refractivity contribution in [3.63, 3.8) is 0 Å². The molecule has 2 heterocycles.